The summed E-state index contributed by atoms with van der Waals surface area (Å²) in [4.78, 5) is 18.3. The van der Waals surface area contributed by atoms with E-state index in [1.54, 1.807) is 12.4 Å². The number of nitrogens with one attached hydrogen (secondary N) is 2. The van der Waals surface area contributed by atoms with Gasteiger partial charge in [0, 0.05) is 75.9 Å². The minimum atomic E-state index is -2.70. The Labute approximate surface area is 206 Å². The number of benzene rings is 1. The third-order valence-electron chi connectivity index (χ3n) is 6.63. The number of aromatic nitrogens is 3. The highest BCUT2D eigenvalue weighted by molar-refractivity contribution is 5.88. The summed E-state index contributed by atoms with van der Waals surface area (Å²) in [6, 6.07) is 10.2. The molecule has 0 amide bonds. The fraction of sp³-hybridized carbons (Fsp3) is 0.500. The normalized spacial score (nSPS) is 20.3. The first-order valence-corrected chi connectivity index (χ1v) is 12.5. The molecule has 4 heterocycles. The lowest BCUT2D eigenvalue weighted by atomic mass is 9.95. The molecule has 5 rings (SSSR count). The highest BCUT2D eigenvalue weighted by Gasteiger charge is 2.41. The van der Waals surface area contributed by atoms with E-state index in [2.05, 4.69) is 61.7 Å². The lowest BCUT2D eigenvalue weighted by molar-refractivity contribution is -0.0728. The van der Waals surface area contributed by atoms with E-state index in [1.165, 1.54) is 5.69 Å². The molecule has 9 heteroatoms. The van der Waals surface area contributed by atoms with Gasteiger partial charge in [-0.2, -0.15) is 0 Å². The largest absolute Gasteiger partial charge is 0.369 e. The SMILES string of the molecule is CC.CN1CCN(c2ccc(-c3cc4nccnc4c(NCC4CNCCC4(F)F)n3)cc2)CC1. The van der Waals surface area contributed by atoms with Gasteiger partial charge in [0.25, 0.3) is 5.92 Å². The molecule has 2 aliphatic heterocycles. The number of anilines is 2. The van der Waals surface area contributed by atoms with E-state index in [4.69, 9.17) is 4.98 Å². The summed E-state index contributed by atoms with van der Waals surface area (Å²) in [5, 5.41) is 6.20. The van der Waals surface area contributed by atoms with Crippen molar-refractivity contribution in [2.45, 2.75) is 26.2 Å². The molecule has 0 aliphatic carbocycles. The number of nitrogens with zero attached hydrogens (tertiary/aromatic N) is 5. The lowest BCUT2D eigenvalue weighted by Gasteiger charge is -2.34. The molecular weight excluding hydrogens is 448 g/mol. The van der Waals surface area contributed by atoms with Crippen molar-refractivity contribution >= 4 is 22.5 Å². The van der Waals surface area contributed by atoms with Crippen LogP contribution in [-0.2, 0) is 0 Å². The number of alkyl halides is 2. The van der Waals surface area contributed by atoms with Crippen LogP contribution in [0.1, 0.15) is 20.3 Å². The summed E-state index contributed by atoms with van der Waals surface area (Å²) in [6.07, 6.45) is 3.08. The number of fused-ring (bicyclic) bond motifs is 1. The molecule has 0 spiro atoms. The molecule has 0 saturated carbocycles. The summed E-state index contributed by atoms with van der Waals surface area (Å²) < 4.78 is 28.6. The molecule has 2 saturated heterocycles. The van der Waals surface area contributed by atoms with E-state index < -0.39 is 11.8 Å². The Morgan fingerprint density at radius 1 is 1.06 bits per heavy atom. The Bertz CT molecular complexity index is 1100. The van der Waals surface area contributed by atoms with E-state index in [1.807, 2.05) is 19.9 Å². The average Bonchev–Trinajstić information content (AvgIpc) is 2.89. The van der Waals surface area contributed by atoms with Crippen LogP contribution in [0, 0.1) is 5.92 Å². The topological polar surface area (TPSA) is 69.2 Å². The van der Waals surface area contributed by atoms with Crippen molar-refractivity contribution in [2.75, 3.05) is 63.1 Å². The van der Waals surface area contributed by atoms with Crippen molar-refractivity contribution in [3.8, 4) is 11.3 Å². The van der Waals surface area contributed by atoms with E-state index in [0.717, 1.165) is 37.4 Å². The van der Waals surface area contributed by atoms with Gasteiger partial charge in [-0.25, -0.2) is 18.7 Å². The smallest absolute Gasteiger partial charge is 0.255 e. The summed E-state index contributed by atoms with van der Waals surface area (Å²) >= 11 is 0. The van der Waals surface area contributed by atoms with Crippen LogP contribution in [-0.4, -0.2) is 78.6 Å². The predicted molar refractivity (Wildman–Crippen MR) is 138 cm³/mol. The van der Waals surface area contributed by atoms with Gasteiger partial charge in [0.2, 0.25) is 0 Å². The van der Waals surface area contributed by atoms with Gasteiger partial charge in [0.1, 0.15) is 5.52 Å². The van der Waals surface area contributed by atoms with Crippen LogP contribution in [0.2, 0.25) is 0 Å². The monoisotopic (exact) mass is 483 g/mol. The van der Waals surface area contributed by atoms with E-state index in [0.29, 0.717) is 23.4 Å². The van der Waals surface area contributed by atoms with Crippen molar-refractivity contribution < 1.29 is 8.78 Å². The van der Waals surface area contributed by atoms with Crippen molar-refractivity contribution in [3.63, 3.8) is 0 Å². The second kappa shape index (κ2) is 11.2. The first-order chi connectivity index (χ1) is 17.0. The Kier molecular flexibility index (Phi) is 8.07. The van der Waals surface area contributed by atoms with Gasteiger partial charge in [-0.15, -0.1) is 0 Å². The summed E-state index contributed by atoms with van der Waals surface area (Å²) in [7, 11) is 2.15. The van der Waals surface area contributed by atoms with Crippen molar-refractivity contribution in [2.24, 2.45) is 5.92 Å². The van der Waals surface area contributed by atoms with E-state index in [9.17, 15) is 8.78 Å². The zero-order valence-electron chi connectivity index (χ0n) is 20.8. The second-order valence-electron chi connectivity index (χ2n) is 8.91. The van der Waals surface area contributed by atoms with Gasteiger partial charge in [-0.3, -0.25) is 4.98 Å². The maximum Gasteiger partial charge on any atom is 0.255 e. The second-order valence-corrected chi connectivity index (χ2v) is 8.91. The maximum atomic E-state index is 14.3. The van der Waals surface area contributed by atoms with Gasteiger partial charge < -0.3 is 20.4 Å². The number of likely N-dealkylation sites (N-methyl/N-ethyl adjacent to an activating group) is 1. The molecule has 1 aromatic carbocycles. The molecule has 0 radical (unpaired) electrons. The van der Waals surface area contributed by atoms with Gasteiger partial charge in [0.15, 0.2) is 5.82 Å². The summed E-state index contributed by atoms with van der Waals surface area (Å²) in [5.74, 6) is -3.01. The van der Waals surface area contributed by atoms with Crippen molar-refractivity contribution in [1.82, 2.24) is 25.2 Å². The van der Waals surface area contributed by atoms with Crippen LogP contribution in [0.3, 0.4) is 0 Å². The molecule has 7 nitrogen and oxygen atoms in total. The molecule has 2 aliphatic rings. The molecule has 0 bridgehead atoms. The van der Waals surface area contributed by atoms with Crippen molar-refractivity contribution in [1.29, 1.82) is 0 Å². The van der Waals surface area contributed by atoms with E-state index >= 15 is 0 Å². The van der Waals surface area contributed by atoms with Crippen LogP contribution in [0.5, 0.6) is 0 Å². The number of piperazine rings is 1. The molecule has 188 valence electrons. The maximum absolute atomic E-state index is 14.3. The lowest BCUT2D eigenvalue weighted by Crippen LogP contribution is -2.47. The summed E-state index contributed by atoms with van der Waals surface area (Å²) in [6.45, 7) is 8.86. The van der Waals surface area contributed by atoms with Gasteiger partial charge >= 0.3 is 0 Å². The predicted octanol–water partition coefficient (Wildman–Crippen LogP) is 4.13. The molecule has 2 fully saturated rings. The first-order valence-electron chi connectivity index (χ1n) is 12.5. The number of hydrogen-bond acceptors (Lipinski definition) is 7. The number of hydrogen-bond donors (Lipinski definition) is 2. The first kappa shape index (κ1) is 25.2. The fourth-order valence-corrected chi connectivity index (χ4v) is 4.48. The minimum Gasteiger partial charge on any atom is -0.369 e. The number of piperidine rings is 1. The molecule has 3 aromatic rings. The van der Waals surface area contributed by atoms with Crippen LogP contribution in [0.25, 0.3) is 22.3 Å². The zero-order valence-corrected chi connectivity index (χ0v) is 20.8. The van der Waals surface area contributed by atoms with Crippen LogP contribution in [0.4, 0.5) is 20.3 Å². The van der Waals surface area contributed by atoms with E-state index in [-0.39, 0.29) is 19.5 Å². The third kappa shape index (κ3) is 5.85. The molecule has 35 heavy (non-hydrogen) atoms. The van der Waals surface area contributed by atoms with Crippen LogP contribution >= 0.6 is 0 Å². The molecular formula is C26H35F2N7. The van der Waals surface area contributed by atoms with Gasteiger partial charge in [0.05, 0.1) is 17.1 Å². The van der Waals surface area contributed by atoms with Crippen molar-refractivity contribution in [3.05, 3.63) is 42.7 Å². The summed E-state index contributed by atoms with van der Waals surface area (Å²) in [5.41, 5.74) is 4.15. The standard InChI is InChI=1S/C24H29F2N7.C2H6/c1-32-10-12-33(13-11-32)19-4-2-17(3-5-19)20-14-21-22(29-9-8-28-21)23(31-20)30-16-18-15-27-7-6-24(18,25)26;1-2/h2-5,8-9,14,18,27H,6-7,10-13,15-16H2,1H3,(H,30,31);1-2H3. The average molecular weight is 484 g/mol. The molecule has 1 atom stereocenters. The highest BCUT2D eigenvalue weighted by Crippen LogP contribution is 2.32. The molecule has 1 unspecified atom stereocenters. The minimum absolute atomic E-state index is 0.116. The quantitative estimate of drug-likeness (QED) is 0.566. The van der Waals surface area contributed by atoms with Gasteiger partial charge in [-0.1, -0.05) is 26.0 Å². The highest BCUT2D eigenvalue weighted by atomic mass is 19.3. The van der Waals surface area contributed by atoms with Crippen LogP contribution < -0.4 is 15.5 Å². The Morgan fingerprint density at radius 3 is 2.49 bits per heavy atom. The Hall–Kier alpha value is -2.91. The number of rotatable bonds is 5. The Morgan fingerprint density at radius 2 is 1.77 bits per heavy atom. The van der Waals surface area contributed by atoms with Crippen LogP contribution in [0.15, 0.2) is 42.7 Å². The zero-order chi connectivity index (χ0) is 24.8. The molecule has 2 N–H and O–H groups in total. The number of pyridine rings is 1. The Balaban J connectivity index is 0.00000141. The molecule has 2 aromatic heterocycles. The third-order valence-corrected chi connectivity index (χ3v) is 6.63. The number of halogens is 2. The van der Waals surface area contributed by atoms with Gasteiger partial charge in [-0.05, 0) is 25.2 Å². The fourth-order valence-electron chi connectivity index (χ4n) is 4.48.